The first-order chi connectivity index (χ1) is 7.58. The lowest BCUT2D eigenvalue weighted by atomic mass is 10.1. The molecule has 1 atom stereocenters. The van der Waals surface area contributed by atoms with E-state index in [-0.39, 0.29) is 6.04 Å². The highest BCUT2D eigenvalue weighted by Gasteiger charge is 2.15. The third-order valence-electron chi connectivity index (χ3n) is 2.35. The van der Waals surface area contributed by atoms with Gasteiger partial charge in [-0.2, -0.15) is 8.75 Å². The van der Waals surface area contributed by atoms with Crippen molar-refractivity contribution in [1.29, 1.82) is 0 Å². The van der Waals surface area contributed by atoms with Crippen LogP contribution in [-0.4, -0.2) is 8.75 Å². The van der Waals surface area contributed by atoms with Gasteiger partial charge >= 0.3 is 0 Å². The lowest BCUT2D eigenvalue weighted by Crippen LogP contribution is -2.07. The number of hydrogen-bond donors (Lipinski definition) is 1. The average molecular weight is 258 g/mol. The van der Waals surface area contributed by atoms with Crippen LogP contribution in [0.15, 0.2) is 10.5 Å². The molecule has 0 amide bonds. The summed E-state index contributed by atoms with van der Waals surface area (Å²) in [4.78, 5) is 0. The molecule has 0 spiro atoms. The zero-order valence-corrected chi connectivity index (χ0v) is 10.8. The smallest absolute Gasteiger partial charge is 0.186 e. The van der Waals surface area contributed by atoms with Gasteiger partial charge in [-0.15, -0.1) is 0 Å². The lowest BCUT2D eigenvalue weighted by molar-refractivity contribution is 0.500. The van der Waals surface area contributed by atoms with E-state index >= 15 is 0 Å². The summed E-state index contributed by atoms with van der Waals surface area (Å²) >= 11 is 6.96. The molecule has 4 nitrogen and oxygen atoms in total. The number of rotatable bonds is 3. The van der Waals surface area contributed by atoms with Crippen LogP contribution in [0.25, 0.3) is 0 Å². The van der Waals surface area contributed by atoms with Gasteiger partial charge in [-0.05, 0) is 26.8 Å². The first-order valence-corrected chi connectivity index (χ1v) is 6.00. The van der Waals surface area contributed by atoms with Gasteiger partial charge in [0.25, 0.3) is 0 Å². The van der Waals surface area contributed by atoms with Crippen LogP contribution in [0.2, 0.25) is 5.15 Å². The van der Waals surface area contributed by atoms with Crippen molar-refractivity contribution in [2.24, 2.45) is 0 Å². The number of aryl methyl sites for hydroxylation is 2. The number of hydrogen-bond acceptors (Lipinski definition) is 5. The van der Waals surface area contributed by atoms with E-state index in [4.69, 9.17) is 16.0 Å². The second kappa shape index (κ2) is 4.43. The van der Waals surface area contributed by atoms with Crippen LogP contribution in [0, 0.1) is 13.8 Å². The Bertz CT molecular complexity index is 494. The zero-order chi connectivity index (χ0) is 11.7. The highest BCUT2D eigenvalue weighted by molar-refractivity contribution is 6.99. The van der Waals surface area contributed by atoms with Gasteiger partial charge in [0, 0.05) is 5.56 Å². The molecule has 2 aromatic rings. The minimum Gasteiger partial charge on any atom is -0.466 e. The average Bonchev–Trinajstić information content (AvgIpc) is 2.74. The molecule has 0 aliphatic heterocycles. The van der Waals surface area contributed by atoms with Crippen LogP contribution in [0.3, 0.4) is 0 Å². The summed E-state index contributed by atoms with van der Waals surface area (Å²) < 4.78 is 13.5. The van der Waals surface area contributed by atoms with Crippen molar-refractivity contribution in [3.8, 4) is 0 Å². The second-order valence-electron chi connectivity index (χ2n) is 3.64. The molecule has 0 aliphatic rings. The van der Waals surface area contributed by atoms with Crippen molar-refractivity contribution in [3.63, 3.8) is 0 Å². The Morgan fingerprint density at radius 2 is 2.19 bits per heavy atom. The van der Waals surface area contributed by atoms with E-state index in [0.717, 1.165) is 28.8 Å². The maximum Gasteiger partial charge on any atom is 0.186 e. The third kappa shape index (κ3) is 2.20. The molecule has 2 rings (SSSR count). The summed E-state index contributed by atoms with van der Waals surface area (Å²) in [5.41, 5.74) is 1.11. The first-order valence-electron chi connectivity index (χ1n) is 4.89. The third-order valence-corrected chi connectivity index (χ3v) is 3.24. The molecule has 0 radical (unpaired) electrons. The van der Waals surface area contributed by atoms with Crippen LogP contribution in [0.4, 0.5) is 5.82 Å². The largest absolute Gasteiger partial charge is 0.466 e. The number of furan rings is 1. The Morgan fingerprint density at radius 3 is 2.69 bits per heavy atom. The highest BCUT2D eigenvalue weighted by Crippen LogP contribution is 2.27. The van der Waals surface area contributed by atoms with E-state index < -0.39 is 0 Å². The van der Waals surface area contributed by atoms with Crippen molar-refractivity contribution >= 4 is 29.1 Å². The van der Waals surface area contributed by atoms with Crippen LogP contribution in [0.5, 0.6) is 0 Å². The van der Waals surface area contributed by atoms with Crippen molar-refractivity contribution in [2.45, 2.75) is 26.8 Å². The monoisotopic (exact) mass is 257 g/mol. The standard InChI is InChI=1S/C10H12ClN3OS/c1-5-4-8(7(3)15-5)6(2)12-10-9(11)13-16-14-10/h4,6H,1-3H3,(H,12,14). The number of anilines is 1. The van der Waals surface area contributed by atoms with Crippen LogP contribution < -0.4 is 5.32 Å². The van der Waals surface area contributed by atoms with E-state index in [1.54, 1.807) is 0 Å². The summed E-state index contributed by atoms with van der Waals surface area (Å²) in [6.07, 6.45) is 0. The van der Waals surface area contributed by atoms with Crippen molar-refractivity contribution < 1.29 is 4.42 Å². The Balaban J connectivity index is 2.17. The van der Waals surface area contributed by atoms with E-state index in [1.807, 2.05) is 26.8 Å². The van der Waals surface area contributed by atoms with Gasteiger partial charge in [-0.3, -0.25) is 0 Å². The Morgan fingerprint density at radius 1 is 1.44 bits per heavy atom. The number of aromatic nitrogens is 2. The van der Waals surface area contributed by atoms with E-state index in [0.29, 0.717) is 11.0 Å². The van der Waals surface area contributed by atoms with Crippen molar-refractivity contribution in [2.75, 3.05) is 5.32 Å². The van der Waals surface area contributed by atoms with E-state index in [1.165, 1.54) is 0 Å². The Kier molecular flexibility index (Phi) is 3.16. The fourth-order valence-corrected chi connectivity index (χ4v) is 2.29. The maximum absolute atomic E-state index is 5.87. The summed E-state index contributed by atoms with van der Waals surface area (Å²) in [7, 11) is 0. The van der Waals surface area contributed by atoms with Gasteiger partial charge in [0.15, 0.2) is 11.0 Å². The second-order valence-corrected chi connectivity index (χ2v) is 4.52. The highest BCUT2D eigenvalue weighted by atomic mass is 35.5. The van der Waals surface area contributed by atoms with Crippen molar-refractivity contribution in [1.82, 2.24) is 8.75 Å². The summed E-state index contributed by atoms with van der Waals surface area (Å²) in [5, 5.41) is 3.62. The molecular formula is C10H12ClN3OS. The van der Waals surface area contributed by atoms with Gasteiger partial charge in [0.05, 0.1) is 17.8 Å². The molecule has 86 valence electrons. The zero-order valence-electron chi connectivity index (χ0n) is 9.24. The summed E-state index contributed by atoms with van der Waals surface area (Å²) in [6, 6.07) is 2.11. The number of nitrogens with zero attached hydrogens (tertiary/aromatic N) is 2. The summed E-state index contributed by atoms with van der Waals surface area (Å²) in [5.74, 6) is 2.44. The molecule has 0 bridgehead atoms. The van der Waals surface area contributed by atoms with E-state index in [9.17, 15) is 0 Å². The maximum atomic E-state index is 5.87. The van der Waals surface area contributed by atoms with Gasteiger partial charge in [-0.25, -0.2) is 0 Å². The molecule has 2 heterocycles. The minimum absolute atomic E-state index is 0.0962. The van der Waals surface area contributed by atoms with Gasteiger partial charge in [-0.1, -0.05) is 11.6 Å². The molecule has 0 aromatic carbocycles. The number of halogens is 1. The molecule has 0 saturated heterocycles. The molecule has 0 fully saturated rings. The predicted molar refractivity (Wildman–Crippen MR) is 65.1 cm³/mol. The van der Waals surface area contributed by atoms with Crippen LogP contribution in [0.1, 0.15) is 30.0 Å². The molecule has 1 N–H and O–H groups in total. The first kappa shape index (κ1) is 11.4. The Hall–Kier alpha value is -1.07. The summed E-state index contributed by atoms with van der Waals surface area (Å²) in [6.45, 7) is 5.91. The quantitative estimate of drug-likeness (QED) is 0.913. The van der Waals surface area contributed by atoms with Crippen LogP contribution >= 0.6 is 23.3 Å². The topological polar surface area (TPSA) is 51.0 Å². The van der Waals surface area contributed by atoms with Gasteiger partial charge in [0.1, 0.15) is 11.5 Å². The minimum atomic E-state index is 0.0962. The number of nitrogens with one attached hydrogen (secondary N) is 1. The molecule has 0 aliphatic carbocycles. The predicted octanol–water partition coefficient (Wildman–Crippen LogP) is 3.57. The van der Waals surface area contributed by atoms with Crippen LogP contribution in [-0.2, 0) is 0 Å². The molecular weight excluding hydrogens is 246 g/mol. The van der Waals surface area contributed by atoms with Crippen molar-refractivity contribution in [3.05, 3.63) is 28.3 Å². The lowest BCUT2D eigenvalue weighted by Gasteiger charge is -2.11. The van der Waals surface area contributed by atoms with Gasteiger partial charge < -0.3 is 9.73 Å². The normalized spacial score (nSPS) is 12.8. The molecule has 1 unspecified atom stereocenters. The van der Waals surface area contributed by atoms with Gasteiger partial charge in [0.2, 0.25) is 0 Å². The van der Waals surface area contributed by atoms with E-state index in [2.05, 4.69) is 14.1 Å². The Labute approximate surface area is 103 Å². The molecule has 6 heteroatoms. The molecule has 16 heavy (non-hydrogen) atoms. The molecule has 0 saturated carbocycles. The fourth-order valence-electron chi connectivity index (χ4n) is 1.63. The fraction of sp³-hybridized carbons (Fsp3) is 0.400. The SMILES string of the molecule is Cc1cc(C(C)Nc2nsnc2Cl)c(C)o1. The molecule has 2 aromatic heterocycles.